The first-order valence-corrected chi connectivity index (χ1v) is 19.1. The molecule has 0 spiro atoms. The Morgan fingerprint density at radius 1 is 0.268 bits per heavy atom. The minimum Gasteiger partial charge on any atom is -0.455 e. The van der Waals surface area contributed by atoms with Gasteiger partial charge in [-0.15, -0.1) is 0 Å². The summed E-state index contributed by atoms with van der Waals surface area (Å²) in [5, 5.41) is 2.25. The summed E-state index contributed by atoms with van der Waals surface area (Å²) in [4.78, 5) is 2.37. The first-order valence-electron chi connectivity index (χ1n) is 19.1. The third-order valence-electron chi connectivity index (χ3n) is 10.6. The Hall–Kier alpha value is -7.42. The molecule has 0 aliphatic carbocycles. The molecule has 1 heterocycles. The highest BCUT2D eigenvalue weighted by atomic mass is 16.3. The minimum absolute atomic E-state index is 0.897. The van der Waals surface area contributed by atoms with Gasteiger partial charge in [-0.3, -0.25) is 0 Å². The maximum absolute atomic E-state index is 6.51. The van der Waals surface area contributed by atoms with E-state index in [-0.39, 0.29) is 0 Å². The van der Waals surface area contributed by atoms with Crippen LogP contribution in [0.25, 0.3) is 77.6 Å². The van der Waals surface area contributed by atoms with Crippen LogP contribution < -0.4 is 4.90 Å². The standard InChI is InChI=1S/C54H37NO/c1-3-15-38(16-4-1)40-19-9-21-42(33-40)44-23-11-26-47(35-44)55(48-27-12-24-45(36-48)43-22-10-20-41(34-43)39-17-5-2-6-18-39)49-28-13-25-46(37-49)50-30-14-31-52-51-29-7-8-32-53(51)56-54(50)52/h1-37H. The van der Waals surface area contributed by atoms with Gasteiger partial charge in [-0.25, -0.2) is 0 Å². The molecule has 9 aromatic carbocycles. The molecule has 0 fully saturated rings. The maximum Gasteiger partial charge on any atom is 0.143 e. The molecular weight excluding hydrogens is 679 g/mol. The van der Waals surface area contributed by atoms with E-state index < -0.39 is 0 Å². The van der Waals surface area contributed by atoms with Crippen LogP contribution in [0.5, 0.6) is 0 Å². The zero-order valence-electron chi connectivity index (χ0n) is 30.7. The molecule has 56 heavy (non-hydrogen) atoms. The average molecular weight is 716 g/mol. The van der Waals surface area contributed by atoms with Gasteiger partial charge in [0.15, 0.2) is 0 Å². The molecular formula is C54H37NO. The summed E-state index contributed by atoms with van der Waals surface area (Å²) in [6.45, 7) is 0. The van der Waals surface area contributed by atoms with Crippen molar-refractivity contribution in [3.63, 3.8) is 0 Å². The smallest absolute Gasteiger partial charge is 0.143 e. The summed E-state index contributed by atoms with van der Waals surface area (Å²) in [6.07, 6.45) is 0. The fourth-order valence-corrected chi connectivity index (χ4v) is 7.90. The van der Waals surface area contributed by atoms with E-state index >= 15 is 0 Å². The van der Waals surface area contributed by atoms with Gasteiger partial charge in [0.1, 0.15) is 11.2 Å². The fourth-order valence-electron chi connectivity index (χ4n) is 7.90. The Balaban J connectivity index is 1.11. The van der Waals surface area contributed by atoms with Gasteiger partial charge in [0.05, 0.1) is 0 Å². The zero-order chi connectivity index (χ0) is 37.3. The predicted octanol–water partition coefficient (Wildman–Crippen LogP) is 15.4. The second-order valence-corrected chi connectivity index (χ2v) is 14.2. The van der Waals surface area contributed by atoms with Crippen LogP contribution in [-0.2, 0) is 0 Å². The van der Waals surface area contributed by atoms with Crippen LogP contribution in [0.1, 0.15) is 0 Å². The van der Waals surface area contributed by atoms with E-state index in [4.69, 9.17) is 4.42 Å². The third kappa shape index (κ3) is 6.34. The highest BCUT2D eigenvalue weighted by molar-refractivity contribution is 6.09. The maximum atomic E-state index is 6.51. The Labute approximate surface area is 327 Å². The molecule has 1 aromatic heterocycles. The Kier molecular flexibility index (Phi) is 8.55. The van der Waals surface area contributed by atoms with Gasteiger partial charge in [-0.1, -0.05) is 170 Å². The highest BCUT2D eigenvalue weighted by Crippen LogP contribution is 2.42. The van der Waals surface area contributed by atoms with Gasteiger partial charge in [0.2, 0.25) is 0 Å². The molecule has 0 aliphatic rings. The molecule has 2 nitrogen and oxygen atoms in total. The van der Waals surface area contributed by atoms with Gasteiger partial charge >= 0.3 is 0 Å². The second-order valence-electron chi connectivity index (χ2n) is 14.2. The Morgan fingerprint density at radius 2 is 0.643 bits per heavy atom. The molecule has 0 bridgehead atoms. The van der Waals surface area contributed by atoms with Crippen molar-refractivity contribution in [1.82, 2.24) is 0 Å². The SMILES string of the molecule is c1ccc(-c2cccc(-c3cccc(N(c4cccc(-c5cccc(-c6ccccc6)c5)c4)c4cccc(-c5cccc6c5oc5ccccc56)c4)c3)c2)cc1. The van der Waals surface area contributed by atoms with Crippen LogP contribution in [0, 0.1) is 0 Å². The van der Waals surface area contributed by atoms with E-state index in [1.54, 1.807) is 0 Å². The predicted molar refractivity (Wildman–Crippen MR) is 236 cm³/mol. The molecule has 10 aromatic rings. The lowest BCUT2D eigenvalue weighted by Gasteiger charge is -2.27. The van der Waals surface area contributed by atoms with E-state index in [0.29, 0.717) is 0 Å². The summed E-state index contributed by atoms with van der Waals surface area (Å²) in [6, 6.07) is 80.1. The van der Waals surface area contributed by atoms with Crippen LogP contribution >= 0.6 is 0 Å². The summed E-state index contributed by atoms with van der Waals surface area (Å²) in [5.74, 6) is 0. The summed E-state index contributed by atoms with van der Waals surface area (Å²) in [7, 11) is 0. The van der Waals surface area contributed by atoms with E-state index in [2.05, 4.69) is 217 Å². The number of para-hydroxylation sites is 2. The topological polar surface area (TPSA) is 16.4 Å². The molecule has 0 saturated carbocycles. The number of furan rings is 1. The van der Waals surface area contributed by atoms with Gasteiger partial charge in [-0.2, -0.15) is 0 Å². The van der Waals surface area contributed by atoms with Crippen LogP contribution in [0.2, 0.25) is 0 Å². The lowest BCUT2D eigenvalue weighted by molar-refractivity contribution is 0.670. The Bertz CT molecular complexity index is 2850. The Morgan fingerprint density at radius 3 is 1.20 bits per heavy atom. The lowest BCUT2D eigenvalue weighted by atomic mass is 9.97. The van der Waals surface area contributed by atoms with E-state index in [1.807, 2.05) is 12.1 Å². The van der Waals surface area contributed by atoms with Crippen LogP contribution in [0.4, 0.5) is 17.1 Å². The number of fused-ring (bicyclic) bond motifs is 3. The number of benzene rings is 9. The zero-order valence-corrected chi connectivity index (χ0v) is 30.7. The first kappa shape index (κ1) is 33.2. The van der Waals surface area contributed by atoms with Crippen molar-refractivity contribution < 1.29 is 4.42 Å². The van der Waals surface area contributed by atoms with E-state index in [1.165, 1.54) is 33.4 Å². The summed E-state index contributed by atoms with van der Waals surface area (Å²) >= 11 is 0. The molecule has 0 amide bonds. The molecule has 10 rings (SSSR count). The molecule has 0 radical (unpaired) electrons. The van der Waals surface area contributed by atoms with Crippen LogP contribution in [0.3, 0.4) is 0 Å². The van der Waals surface area contributed by atoms with Crippen molar-refractivity contribution in [1.29, 1.82) is 0 Å². The molecule has 0 atom stereocenters. The van der Waals surface area contributed by atoms with Gasteiger partial charge in [0.25, 0.3) is 0 Å². The monoisotopic (exact) mass is 715 g/mol. The van der Waals surface area contributed by atoms with E-state index in [9.17, 15) is 0 Å². The summed E-state index contributed by atoms with van der Waals surface area (Å²) in [5.41, 5.74) is 16.6. The number of nitrogens with zero attached hydrogens (tertiary/aromatic N) is 1. The highest BCUT2D eigenvalue weighted by Gasteiger charge is 2.18. The second kappa shape index (κ2) is 14.4. The number of hydrogen-bond acceptors (Lipinski definition) is 2. The molecule has 0 unspecified atom stereocenters. The molecule has 0 N–H and O–H groups in total. The quantitative estimate of drug-likeness (QED) is 0.156. The average Bonchev–Trinajstić information content (AvgIpc) is 3.67. The fraction of sp³-hybridized carbons (Fsp3) is 0. The third-order valence-corrected chi connectivity index (χ3v) is 10.6. The van der Waals surface area contributed by atoms with Crippen molar-refractivity contribution in [2.24, 2.45) is 0 Å². The largest absolute Gasteiger partial charge is 0.455 e. The summed E-state index contributed by atoms with van der Waals surface area (Å²) < 4.78 is 6.51. The molecule has 264 valence electrons. The first-order chi connectivity index (χ1) is 27.7. The lowest BCUT2D eigenvalue weighted by Crippen LogP contribution is -2.10. The van der Waals surface area contributed by atoms with Crippen molar-refractivity contribution in [3.8, 4) is 55.6 Å². The van der Waals surface area contributed by atoms with Gasteiger partial charge in [-0.05, 0) is 105 Å². The van der Waals surface area contributed by atoms with Crippen molar-refractivity contribution >= 4 is 39.0 Å². The number of rotatable bonds is 8. The van der Waals surface area contributed by atoms with Gasteiger partial charge < -0.3 is 9.32 Å². The number of hydrogen-bond donors (Lipinski definition) is 0. The van der Waals surface area contributed by atoms with Crippen molar-refractivity contribution in [2.75, 3.05) is 4.90 Å². The van der Waals surface area contributed by atoms with Crippen molar-refractivity contribution in [3.05, 3.63) is 224 Å². The van der Waals surface area contributed by atoms with Crippen LogP contribution in [0.15, 0.2) is 229 Å². The molecule has 0 aliphatic heterocycles. The van der Waals surface area contributed by atoms with E-state index in [0.717, 1.165) is 61.3 Å². The van der Waals surface area contributed by atoms with Crippen molar-refractivity contribution in [2.45, 2.75) is 0 Å². The number of anilines is 3. The molecule has 0 saturated heterocycles. The normalized spacial score (nSPS) is 11.2. The minimum atomic E-state index is 0.897. The van der Waals surface area contributed by atoms with Gasteiger partial charge in [0, 0.05) is 33.4 Å². The van der Waals surface area contributed by atoms with Crippen LogP contribution in [-0.4, -0.2) is 0 Å². The molecule has 2 heteroatoms.